The second kappa shape index (κ2) is 7.82. The molecule has 2 heterocycles. The Morgan fingerprint density at radius 2 is 1.96 bits per heavy atom. The predicted octanol–water partition coefficient (Wildman–Crippen LogP) is 3.64. The minimum atomic E-state index is -0.174. The highest BCUT2D eigenvalue weighted by Crippen LogP contribution is 2.29. The lowest BCUT2D eigenvalue weighted by Crippen LogP contribution is -2.22. The van der Waals surface area contributed by atoms with E-state index in [2.05, 4.69) is 15.4 Å². The van der Waals surface area contributed by atoms with E-state index in [-0.39, 0.29) is 5.91 Å². The van der Waals surface area contributed by atoms with E-state index in [9.17, 15) is 4.79 Å². The lowest BCUT2D eigenvalue weighted by atomic mass is 10.1. The molecule has 2 aromatic heterocycles. The number of pyridine rings is 1. The number of nitrogens with one attached hydrogen (secondary N) is 1. The molecule has 0 saturated carbocycles. The highest BCUT2D eigenvalue weighted by Gasteiger charge is 2.12. The maximum absolute atomic E-state index is 12.3. The summed E-state index contributed by atoms with van der Waals surface area (Å²) in [4.78, 5) is 16.6. The smallest absolute Gasteiger partial charge is 0.254 e. The topological polar surface area (TPSA) is 69.0 Å². The van der Waals surface area contributed by atoms with E-state index in [0.717, 1.165) is 29.0 Å². The normalized spacial score (nSPS) is 10.6. The molecule has 6 heteroatoms. The second-order valence-electron chi connectivity index (χ2n) is 6.06. The highest BCUT2D eigenvalue weighted by atomic mass is 16.5. The first-order valence-corrected chi connectivity index (χ1v) is 8.57. The zero-order chi connectivity index (χ0) is 18.5. The fourth-order valence-corrected chi connectivity index (χ4v) is 2.64. The summed E-state index contributed by atoms with van der Waals surface area (Å²) in [6.45, 7) is 7.02. The van der Waals surface area contributed by atoms with Gasteiger partial charge in [0.25, 0.3) is 5.91 Å². The number of aromatic nitrogens is 3. The number of para-hydroxylation sites is 1. The van der Waals surface area contributed by atoms with Crippen LogP contribution in [-0.2, 0) is 13.1 Å². The number of hydrogen-bond donors (Lipinski definition) is 1. The number of ether oxygens (including phenoxy) is 1. The number of carbonyl (C=O) groups excluding carboxylic acids is 1. The molecule has 0 fully saturated rings. The molecule has 1 amide bonds. The van der Waals surface area contributed by atoms with E-state index in [1.54, 1.807) is 23.3 Å². The van der Waals surface area contributed by atoms with Gasteiger partial charge in [-0.1, -0.05) is 24.3 Å². The SMILES string of the molecule is CCn1cc(C(=O)NCc2cccnc2Oc2c(C)cccc2C)cn1. The van der Waals surface area contributed by atoms with Crippen LogP contribution in [0.5, 0.6) is 11.6 Å². The average Bonchev–Trinajstić information content (AvgIpc) is 3.13. The molecule has 0 bridgehead atoms. The average molecular weight is 350 g/mol. The van der Waals surface area contributed by atoms with Crippen molar-refractivity contribution in [3.63, 3.8) is 0 Å². The molecule has 1 N–H and O–H groups in total. The van der Waals surface area contributed by atoms with Crippen LogP contribution in [0.4, 0.5) is 0 Å². The van der Waals surface area contributed by atoms with Gasteiger partial charge in [-0.2, -0.15) is 5.10 Å². The molecule has 26 heavy (non-hydrogen) atoms. The van der Waals surface area contributed by atoms with Crippen LogP contribution in [0.2, 0.25) is 0 Å². The molecule has 6 nitrogen and oxygen atoms in total. The molecular formula is C20H22N4O2. The largest absolute Gasteiger partial charge is 0.438 e. The van der Waals surface area contributed by atoms with Crippen molar-refractivity contribution in [2.45, 2.75) is 33.9 Å². The number of amides is 1. The van der Waals surface area contributed by atoms with Crippen LogP contribution < -0.4 is 10.1 Å². The lowest BCUT2D eigenvalue weighted by molar-refractivity contribution is 0.0950. The van der Waals surface area contributed by atoms with Crippen molar-refractivity contribution in [3.8, 4) is 11.6 Å². The van der Waals surface area contributed by atoms with E-state index in [1.165, 1.54) is 0 Å². The van der Waals surface area contributed by atoms with Crippen molar-refractivity contribution in [1.29, 1.82) is 0 Å². The predicted molar refractivity (Wildman–Crippen MR) is 99.3 cm³/mol. The number of carbonyl (C=O) groups is 1. The monoisotopic (exact) mass is 350 g/mol. The summed E-state index contributed by atoms with van der Waals surface area (Å²) >= 11 is 0. The summed E-state index contributed by atoms with van der Waals surface area (Å²) in [6, 6.07) is 9.71. The molecule has 0 aliphatic carbocycles. The molecule has 0 radical (unpaired) electrons. The molecule has 0 aliphatic rings. The molecule has 0 unspecified atom stereocenters. The van der Waals surface area contributed by atoms with Gasteiger partial charge in [0.05, 0.1) is 11.8 Å². The summed E-state index contributed by atoms with van der Waals surface area (Å²) < 4.78 is 7.77. The van der Waals surface area contributed by atoms with Gasteiger partial charge in [0.1, 0.15) is 5.75 Å². The fraction of sp³-hybridized carbons (Fsp3) is 0.250. The van der Waals surface area contributed by atoms with Gasteiger partial charge in [0.15, 0.2) is 0 Å². The molecule has 0 aliphatic heterocycles. The molecule has 134 valence electrons. The summed E-state index contributed by atoms with van der Waals surface area (Å²) in [5.41, 5.74) is 3.43. The van der Waals surface area contributed by atoms with Gasteiger partial charge in [0, 0.05) is 31.0 Å². The molecule has 1 aromatic carbocycles. The molecular weight excluding hydrogens is 328 g/mol. The molecule has 3 aromatic rings. The van der Waals surface area contributed by atoms with Crippen LogP contribution in [0.15, 0.2) is 48.9 Å². The lowest BCUT2D eigenvalue weighted by Gasteiger charge is -2.14. The van der Waals surface area contributed by atoms with Crippen molar-refractivity contribution in [3.05, 3.63) is 71.2 Å². The highest BCUT2D eigenvalue weighted by molar-refractivity contribution is 5.93. The second-order valence-corrected chi connectivity index (χ2v) is 6.06. The van der Waals surface area contributed by atoms with Crippen LogP contribution in [0, 0.1) is 13.8 Å². The van der Waals surface area contributed by atoms with Gasteiger partial charge in [-0.05, 0) is 38.0 Å². The zero-order valence-corrected chi connectivity index (χ0v) is 15.2. The fourth-order valence-electron chi connectivity index (χ4n) is 2.64. The number of aryl methyl sites for hydroxylation is 3. The van der Waals surface area contributed by atoms with Crippen LogP contribution >= 0.6 is 0 Å². The number of nitrogens with zero attached hydrogens (tertiary/aromatic N) is 3. The quantitative estimate of drug-likeness (QED) is 0.737. The third-order valence-electron chi connectivity index (χ3n) is 4.12. The van der Waals surface area contributed by atoms with Crippen molar-refractivity contribution >= 4 is 5.91 Å². The Labute approximate surface area is 152 Å². The molecule has 3 rings (SSSR count). The van der Waals surface area contributed by atoms with E-state index >= 15 is 0 Å². The van der Waals surface area contributed by atoms with Crippen LogP contribution in [0.25, 0.3) is 0 Å². The van der Waals surface area contributed by atoms with Gasteiger partial charge >= 0.3 is 0 Å². The van der Waals surface area contributed by atoms with Crippen molar-refractivity contribution in [1.82, 2.24) is 20.1 Å². The van der Waals surface area contributed by atoms with Crippen molar-refractivity contribution in [2.24, 2.45) is 0 Å². The standard InChI is InChI=1S/C20H22N4O2/c1-4-24-13-17(12-23-24)19(25)22-11-16-9-6-10-21-20(16)26-18-14(2)7-5-8-15(18)3/h5-10,12-13H,4,11H2,1-3H3,(H,22,25). The Morgan fingerprint density at radius 1 is 1.19 bits per heavy atom. The third kappa shape index (κ3) is 3.91. The minimum Gasteiger partial charge on any atom is -0.438 e. The van der Waals surface area contributed by atoms with Gasteiger partial charge in [-0.25, -0.2) is 4.98 Å². The summed E-state index contributed by atoms with van der Waals surface area (Å²) in [5.74, 6) is 1.11. The van der Waals surface area contributed by atoms with E-state index in [4.69, 9.17) is 4.74 Å². The van der Waals surface area contributed by atoms with Gasteiger partial charge in [-0.15, -0.1) is 0 Å². The Hall–Kier alpha value is -3.15. The summed E-state index contributed by atoms with van der Waals surface area (Å²) in [7, 11) is 0. The summed E-state index contributed by atoms with van der Waals surface area (Å²) in [6.07, 6.45) is 4.97. The Morgan fingerprint density at radius 3 is 2.65 bits per heavy atom. The third-order valence-corrected chi connectivity index (χ3v) is 4.12. The van der Waals surface area contributed by atoms with Crippen LogP contribution in [-0.4, -0.2) is 20.7 Å². The van der Waals surface area contributed by atoms with E-state index in [1.807, 2.05) is 51.1 Å². The number of benzene rings is 1. The number of rotatable bonds is 6. The van der Waals surface area contributed by atoms with Gasteiger partial charge in [0.2, 0.25) is 5.88 Å². The molecule has 0 spiro atoms. The Balaban J connectivity index is 1.74. The zero-order valence-electron chi connectivity index (χ0n) is 15.2. The summed E-state index contributed by atoms with van der Waals surface area (Å²) in [5, 5.41) is 7.02. The molecule has 0 saturated heterocycles. The van der Waals surface area contributed by atoms with Gasteiger partial charge in [-0.3, -0.25) is 9.48 Å². The van der Waals surface area contributed by atoms with Gasteiger partial charge < -0.3 is 10.1 Å². The van der Waals surface area contributed by atoms with Crippen molar-refractivity contribution in [2.75, 3.05) is 0 Å². The first-order chi connectivity index (χ1) is 12.6. The van der Waals surface area contributed by atoms with Crippen LogP contribution in [0.1, 0.15) is 34.0 Å². The van der Waals surface area contributed by atoms with E-state index < -0.39 is 0 Å². The Kier molecular flexibility index (Phi) is 5.31. The first-order valence-electron chi connectivity index (χ1n) is 8.57. The van der Waals surface area contributed by atoms with Crippen molar-refractivity contribution < 1.29 is 9.53 Å². The first kappa shape index (κ1) is 17.7. The maximum atomic E-state index is 12.3. The minimum absolute atomic E-state index is 0.174. The maximum Gasteiger partial charge on any atom is 0.254 e. The number of hydrogen-bond acceptors (Lipinski definition) is 4. The molecule has 0 atom stereocenters. The Bertz CT molecular complexity index is 897. The van der Waals surface area contributed by atoms with E-state index in [0.29, 0.717) is 18.0 Å². The van der Waals surface area contributed by atoms with Crippen LogP contribution in [0.3, 0.4) is 0 Å².